The number of carboxylic acid groups (broad SMARTS) is 1. The van der Waals surface area contributed by atoms with Gasteiger partial charge in [0.2, 0.25) is 0 Å². The monoisotopic (exact) mass is 518 g/mol. The molecule has 2 atom stereocenters. The van der Waals surface area contributed by atoms with Gasteiger partial charge in [-0.25, -0.2) is 29.5 Å². The van der Waals surface area contributed by atoms with Crippen molar-refractivity contribution < 1.29 is 24.5 Å². The van der Waals surface area contributed by atoms with E-state index in [4.69, 9.17) is 4.74 Å². The number of para-hydroxylation sites is 4. The topological polar surface area (TPSA) is 135 Å². The minimum Gasteiger partial charge on any atom is -0.478 e. The van der Waals surface area contributed by atoms with Crippen molar-refractivity contribution in [3.05, 3.63) is 95.1 Å². The predicted octanol–water partition coefficient (Wildman–Crippen LogP) is 5.55. The summed E-state index contributed by atoms with van der Waals surface area (Å²) in [4.78, 5) is 43.6. The van der Waals surface area contributed by atoms with Crippen molar-refractivity contribution in [1.29, 1.82) is 0 Å². The highest BCUT2D eigenvalue weighted by Gasteiger charge is 2.21. The number of nitrogens with zero attached hydrogens (tertiary/aromatic N) is 4. The van der Waals surface area contributed by atoms with Crippen molar-refractivity contribution in [2.24, 2.45) is 0 Å². The fourth-order valence-electron chi connectivity index (χ4n) is 4.77. The largest absolute Gasteiger partial charge is 0.478 e. The zero-order chi connectivity index (χ0) is 27.3. The summed E-state index contributed by atoms with van der Waals surface area (Å²) in [5, 5.41) is 19.7. The standard InChI is InChI=1S/C30H22N4O5/c1-15(35)17-7-3-11-21-25(17)31-24-14-6-10-20(28(24)34-21)30(38)39-16(2)18-8-4-12-22-26(18)32-23-13-5-9-19(29(36)37)27(23)33-22/h3-16,35H,1-2H3,(H,36,37). The van der Waals surface area contributed by atoms with Gasteiger partial charge in [-0.05, 0) is 50.2 Å². The molecule has 0 saturated carbocycles. The van der Waals surface area contributed by atoms with Gasteiger partial charge in [-0.15, -0.1) is 0 Å². The lowest BCUT2D eigenvalue weighted by atomic mass is 10.1. The summed E-state index contributed by atoms with van der Waals surface area (Å²) >= 11 is 0. The highest BCUT2D eigenvalue weighted by molar-refractivity contribution is 6.04. The van der Waals surface area contributed by atoms with E-state index in [9.17, 15) is 19.8 Å². The first-order chi connectivity index (χ1) is 18.8. The molecule has 192 valence electrons. The summed E-state index contributed by atoms with van der Waals surface area (Å²) in [6.45, 7) is 3.41. The first kappa shape index (κ1) is 24.3. The number of aromatic nitrogens is 4. The molecule has 0 aliphatic heterocycles. The lowest BCUT2D eigenvalue weighted by Crippen LogP contribution is -2.11. The van der Waals surface area contributed by atoms with Crippen molar-refractivity contribution in [3.63, 3.8) is 0 Å². The minimum absolute atomic E-state index is 0.0666. The summed E-state index contributed by atoms with van der Waals surface area (Å²) in [6, 6.07) is 20.6. The van der Waals surface area contributed by atoms with Crippen LogP contribution in [0.4, 0.5) is 0 Å². The number of hydrogen-bond donors (Lipinski definition) is 2. The zero-order valence-electron chi connectivity index (χ0n) is 21.0. The molecule has 9 heteroatoms. The van der Waals surface area contributed by atoms with Crippen LogP contribution in [0.2, 0.25) is 0 Å². The third-order valence-electron chi connectivity index (χ3n) is 6.67. The van der Waals surface area contributed by atoms with E-state index in [0.29, 0.717) is 55.3 Å². The van der Waals surface area contributed by atoms with Gasteiger partial charge >= 0.3 is 11.9 Å². The van der Waals surface area contributed by atoms with Crippen LogP contribution in [0.15, 0.2) is 72.8 Å². The SMILES string of the molecule is CC(O)c1cccc2nc3c(C(=O)OC(C)c4cccc5nc6c(C(=O)O)cccc6nc45)cccc3nc12. The van der Waals surface area contributed by atoms with Gasteiger partial charge in [-0.3, -0.25) is 0 Å². The highest BCUT2D eigenvalue weighted by Crippen LogP contribution is 2.30. The Morgan fingerprint density at radius 2 is 1.08 bits per heavy atom. The van der Waals surface area contributed by atoms with Crippen LogP contribution in [0.25, 0.3) is 44.1 Å². The highest BCUT2D eigenvalue weighted by atomic mass is 16.5. The smallest absolute Gasteiger partial charge is 0.341 e. The summed E-state index contributed by atoms with van der Waals surface area (Å²) < 4.78 is 5.88. The number of aliphatic hydroxyl groups excluding tert-OH is 1. The van der Waals surface area contributed by atoms with E-state index >= 15 is 0 Å². The second-order valence-electron chi connectivity index (χ2n) is 9.25. The maximum Gasteiger partial charge on any atom is 0.341 e. The molecule has 2 N–H and O–H groups in total. The van der Waals surface area contributed by atoms with Gasteiger partial charge < -0.3 is 14.9 Å². The number of esters is 1. The van der Waals surface area contributed by atoms with E-state index in [1.54, 1.807) is 80.6 Å². The molecule has 2 unspecified atom stereocenters. The molecule has 0 fully saturated rings. The average Bonchev–Trinajstić information content (AvgIpc) is 2.93. The minimum atomic E-state index is -1.08. The third kappa shape index (κ3) is 4.18. The summed E-state index contributed by atoms with van der Waals surface area (Å²) in [5.74, 6) is -1.66. The predicted molar refractivity (Wildman–Crippen MR) is 146 cm³/mol. The van der Waals surface area contributed by atoms with Crippen molar-refractivity contribution in [2.75, 3.05) is 0 Å². The van der Waals surface area contributed by atoms with E-state index in [1.165, 1.54) is 6.07 Å². The molecule has 0 amide bonds. The fraction of sp³-hybridized carbons (Fsp3) is 0.133. The number of benzene rings is 4. The van der Waals surface area contributed by atoms with Crippen LogP contribution in [0.3, 0.4) is 0 Å². The lowest BCUT2D eigenvalue weighted by Gasteiger charge is -2.16. The Hall–Kier alpha value is -5.02. The van der Waals surface area contributed by atoms with Crippen molar-refractivity contribution in [1.82, 2.24) is 19.9 Å². The Balaban J connectivity index is 1.39. The number of hydrogen-bond acceptors (Lipinski definition) is 8. The number of aromatic carboxylic acids is 1. The molecule has 2 aromatic heterocycles. The Bertz CT molecular complexity index is 1950. The molecular formula is C30H22N4O5. The van der Waals surface area contributed by atoms with Gasteiger partial charge in [-0.2, -0.15) is 0 Å². The van der Waals surface area contributed by atoms with Crippen LogP contribution in [-0.2, 0) is 4.74 Å². The first-order valence-electron chi connectivity index (χ1n) is 12.3. The Labute approximate surface area is 221 Å². The Kier molecular flexibility index (Phi) is 5.85. The summed E-state index contributed by atoms with van der Waals surface area (Å²) in [7, 11) is 0. The number of carboxylic acids is 1. The van der Waals surface area contributed by atoms with Gasteiger partial charge in [0.1, 0.15) is 17.1 Å². The van der Waals surface area contributed by atoms with Crippen LogP contribution < -0.4 is 0 Å². The zero-order valence-corrected chi connectivity index (χ0v) is 21.0. The fourth-order valence-corrected chi connectivity index (χ4v) is 4.77. The lowest BCUT2D eigenvalue weighted by molar-refractivity contribution is 0.0342. The molecular weight excluding hydrogens is 496 g/mol. The van der Waals surface area contributed by atoms with Gasteiger partial charge in [0, 0.05) is 11.1 Å². The molecule has 0 bridgehead atoms. The molecule has 4 aromatic carbocycles. The quantitative estimate of drug-likeness (QED) is 0.222. The average molecular weight is 519 g/mol. The molecule has 39 heavy (non-hydrogen) atoms. The normalized spacial score (nSPS) is 13.1. The molecule has 0 saturated heterocycles. The summed E-state index contributed by atoms with van der Waals surface area (Å²) in [5.41, 5.74) is 5.40. The van der Waals surface area contributed by atoms with Gasteiger partial charge in [0.15, 0.2) is 0 Å². The van der Waals surface area contributed by atoms with E-state index in [-0.39, 0.29) is 11.1 Å². The van der Waals surface area contributed by atoms with Crippen LogP contribution in [0.1, 0.15) is 57.9 Å². The molecule has 0 radical (unpaired) electrons. The van der Waals surface area contributed by atoms with E-state index < -0.39 is 24.1 Å². The number of fused-ring (bicyclic) bond motifs is 4. The Morgan fingerprint density at radius 3 is 1.64 bits per heavy atom. The van der Waals surface area contributed by atoms with Gasteiger partial charge in [0.25, 0.3) is 0 Å². The second kappa shape index (κ2) is 9.38. The Morgan fingerprint density at radius 1 is 0.641 bits per heavy atom. The molecule has 6 rings (SSSR count). The number of ether oxygens (including phenoxy) is 1. The molecule has 9 nitrogen and oxygen atoms in total. The molecule has 0 spiro atoms. The molecule has 2 heterocycles. The van der Waals surface area contributed by atoms with E-state index in [1.807, 2.05) is 0 Å². The number of rotatable bonds is 5. The molecule has 0 aliphatic carbocycles. The van der Waals surface area contributed by atoms with Crippen molar-refractivity contribution >= 4 is 56.1 Å². The van der Waals surface area contributed by atoms with Crippen LogP contribution in [-0.4, -0.2) is 42.1 Å². The van der Waals surface area contributed by atoms with E-state index in [0.717, 1.165) is 0 Å². The van der Waals surface area contributed by atoms with Gasteiger partial charge in [0.05, 0.1) is 50.3 Å². The maximum atomic E-state index is 13.4. The van der Waals surface area contributed by atoms with Crippen LogP contribution in [0.5, 0.6) is 0 Å². The molecule has 0 aliphatic rings. The van der Waals surface area contributed by atoms with Crippen molar-refractivity contribution in [2.45, 2.75) is 26.1 Å². The number of carbonyl (C=O) groups is 2. The molecule has 6 aromatic rings. The van der Waals surface area contributed by atoms with Crippen molar-refractivity contribution in [3.8, 4) is 0 Å². The van der Waals surface area contributed by atoms with Gasteiger partial charge in [-0.1, -0.05) is 36.4 Å². The number of carbonyl (C=O) groups excluding carboxylic acids is 1. The number of aliphatic hydroxyl groups is 1. The first-order valence-corrected chi connectivity index (χ1v) is 12.3. The van der Waals surface area contributed by atoms with E-state index in [2.05, 4.69) is 19.9 Å². The van der Waals surface area contributed by atoms with Crippen LogP contribution >= 0.6 is 0 Å². The van der Waals surface area contributed by atoms with Crippen LogP contribution in [0, 0.1) is 0 Å². The third-order valence-corrected chi connectivity index (χ3v) is 6.67. The summed E-state index contributed by atoms with van der Waals surface area (Å²) in [6.07, 6.45) is -1.41. The maximum absolute atomic E-state index is 13.4. The second-order valence-corrected chi connectivity index (χ2v) is 9.25.